The van der Waals surface area contributed by atoms with Crippen LogP contribution < -0.4 is 4.72 Å². The lowest BCUT2D eigenvalue weighted by Crippen LogP contribution is -2.25. The monoisotopic (exact) mass is 275 g/mol. The lowest BCUT2D eigenvalue weighted by atomic mass is 10.4. The maximum Gasteiger partial charge on any atom is 0.345 e. The van der Waals surface area contributed by atoms with Crippen molar-refractivity contribution in [3.8, 4) is 0 Å². The number of hydrogen-bond donors (Lipinski definition) is 2. The fourth-order valence-corrected chi connectivity index (χ4v) is 4.01. The van der Waals surface area contributed by atoms with Crippen molar-refractivity contribution >= 4 is 27.3 Å². The molecule has 0 aromatic carbocycles. The van der Waals surface area contributed by atoms with Crippen LogP contribution in [0.2, 0.25) is 0 Å². The fraction of sp³-hybridized carbons (Fsp3) is 0.500. The molecule has 7 heteroatoms. The van der Waals surface area contributed by atoms with E-state index in [1.54, 1.807) is 6.92 Å². The fourth-order valence-electron chi connectivity index (χ4n) is 1.46. The Balaban J connectivity index is 2.21. The highest BCUT2D eigenvalue weighted by molar-refractivity contribution is 7.89. The SMILES string of the molecule is Cc1sc(C(=O)O)cc1S(=O)(=O)NCC1CC1. The van der Waals surface area contributed by atoms with Crippen LogP contribution in [0.3, 0.4) is 0 Å². The van der Waals surface area contributed by atoms with Crippen molar-refractivity contribution in [2.24, 2.45) is 5.92 Å². The van der Waals surface area contributed by atoms with E-state index in [9.17, 15) is 13.2 Å². The molecular weight excluding hydrogens is 262 g/mol. The topological polar surface area (TPSA) is 83.5 Å². The van der Waals surface area contributed by atoms with E-state index < -0.39 is 16.0 Å². The largest absolute Gasteiger partial charge is 0.477 e. The Kier molecular flexibility index (Phi) is 3.24. The second-order valence-corrected chi connectivity index (χ2v) is 7.12. The highest BCUT2D eigenvalue weighted by Gasteiger charge is 2.26. The van der Waals surface area contributed by atoms with E-state index in [0.717, 1.165) is 24.2 Å². The molecule has 0 saturated heterocycles. The van der Waals surface area contributed by atoms with Crippen LogP contribution in [0.4, 0.5) is 0 Å². The number of hydrogen-bond acceptors (Lipinski definition) is 4. The summed E-state index contributed by atoms with van der Waals surface area (Å²) in [4.78, 5) is 11.4. The normalized spacial score (nSPS) is 16.1. The zero-order valence-corrected chi connectivity index (χ0v) is 10.9. The van der Waals surface area contributed by atoms with Gasteiger partial charge in [0.1, 0.15) is 4.88 Å². The van der Waals surface area contributed by atoms with Crippen molar-refractivity contribution in [1.29, 1.82) is 0 Å². The minimum Gasteiger partial charge on any atom is -0.477 e. The van der Waals surface area contributed by atoms with Gasteiger partial charge in [-0.3, -0.25) is 0 Å². The molecule has 1 heterocycles. The zero-order chi connectivity index (χ0) is 12.6. The Hall–Kier alpha value is -0.920. The van der Waals surface area contributed by atoms with Crippen LogP contribution in [0.5, 0.6) is 0 Å². The average Bonchev–Trinajstić information content (AvgIpc) is 2.97. The molecule has 1 fully saturated rings. The number of carboxylic acid groups (broad SMARTS) is 1. The first kappa shape index (κ1) is 12.5. The van der Waals surface area contributed by atoms with Crippen LogP contribution in [-0.4, -0.2) is 26.0 Å². The van der Waals surface area contributed by atoms with Crippen molar-refractivity contribution in [3.63, 3.8) is 0 Å². The summed E-state index contributed by atoms with van der Waals surface area (Å²) in [5.41, 5.74) is 0. The molecule has 1 aromatic heterocycles. The molecule has 0 aliphatic heterocycles. The number of carboxylic acids is 1. The molecule has 94 valence electrons. The third kappa shape index (κ3) is 2.85. The smallest absolute Gasteiger partial charge is 0.345 e. The zero-order valence-electron chi connectivity index (χ0n) is 9.26. The molecule has 0 radical (unpaired) electrons. The molecule has 1 aliphatic rings. The molecule has 0 atom stereocenters. The summed E-state index contributed by atoms with van der Waals surface area (Å²) in [5, 5.41) is 8.81. The van der Waals surface area contributed by atoms with E-state index in [1.807, 2.05) is 0 Å². The van der Waals surface area contributed by atoms with Crippen molar-refractivity contribution in [3.05, 3.63) is 15.8 Å². The molecule has 0 unspecified atom stereocenters. The molecule has 0 spiro atoms. The van der Waals surface area contributed by atoms with Gasteiger partial charge in [0, 0.05) is 11.4 Å². The van der Waals surface area contributed by atoms with Gasteiger partial charge in [0.25, 0.3) is 0 Å². The van der Waals surface area contributed by atoms with E-state index in [1.165, 1.54) is 6.07 Å². The maximum absolute atomic E-state index is 11.9. The summed E-state index contributed by atoms with van der Waals surface area (Å²) >= 11 is 0.981. The Morgan fingerprint density at radius 3 is 2.71 bits per heavy atom. The predicted molar refractivity (Wildman–Crippen MR) is 63.9 cm³/mol. The quantitative estimate of drug-likeness (QED) is 0.851. The van der Waals surface area contributed by atoms with Gasteiger partial charge in [0.05, 0.1) is 4.90 Å². The molecular formula is C10H13NO4S2. The first-order valence-electron chi connectivity index (χ1n) is 5.23. The van der Waals surface area contributed by atoms with Gasteiger partial charge in [0.15, 0.2) is 0 Å². The molecule has 2 rings (SSSR count). The van der Waals surface area contributed by atoms with Crippen LogP contribution in [0, 0.1) is 12.8 Å². The summed E-state index contributed by atoms with van der Waals surface area (Å²) in [6, 6.07) is 1.22. The standard InChI is InChI=1S/C10H13NO4S2/c1-6-9(4-8(16-6)10(12)13)17(14,15)11-5-7-2-3-7/h4,7,11H,2-3,5H2,1H3,(H,12,13). The van der Waals surface area contributed by atoms with Gasteiger partial charge in [-0.05, 0) is 31.7 Å². The van der Waals surface area contributed by atoms with Crippen molar-refractivity contribution < 1.29 is 18.3 Å². The minimum absolute atomic E-state index is 0.0503. The van der Waals surface area contributed by atoms with Crippen molar-refractivity contribution in [2.45, 2.75) is 24.7 Å². The summed E-state index contributed by atoms with van der Waals surface area (Å²) in [6.45, 7) is 2.06. The van der Waals surface area contributed by atoms with E-state index in [4.69, 9.17) is 5.11 Å². The van der Waals surface area contributed by atoms with E-state index >= 15 is 0 Å². The number of aromatic carboxylic acids is 1. The highest BCUT2D eigenvalue weighted by Crippen LogP contribution is 2.29. The minimum atomic E-state index is -3.56. The first-order chi connectivity index (χ1) is 7.90. The van der Waals surface area contributed by atoms with Gasteiger partial charge in [-0.1, -0.05) is 0 Å². The summed E-state index contributed by atoms with van der Waals surface area (Å²) in [7, 11) is -3.56. The number of aryl methyl sites for hydroxylation is 1. The summed E-state index contributed by atoms with van der Waals surface area (Å²) in [6.07, 6.45) is 2.12. The molecule has 1 aliphatic carbocycles. The van der Waals surface area contributed by atoms with Crippen LogP contribution in [0.1, 0.15) is 27.4 Å². The second-order valence-electron chi connectivity index (χ2n) is 4.13. The van der Waals surface area contributed by atoms with E-state index in [2.05, 4.69) is 4.72 Å². The molecule has 2 N–H and O–H groups in total. The number of sulfonamides is 1. The predicted octanol–water partition coefficient (Wildman–Crippen LogP) is 1.44. The highest BCUT2D eigenvalue weighted by atomic mass is 32.2. The van der Waals surface area contributed by atoms with Crippen molar-refractivity contribution in [2.75, 3.05) is 6.54 Å². The Bertz CT molecular complexity index is 543. The van der Waals surface area contributed by atoms with Gasteiger partial charge in [-0.15, -0.1) is 11.3 Å². The van der Waals surface area contributed by atoms with Gasteiger partial charge in [-0.25, -0.2) is 17.9 Å². The molecule has 1 aromatic rings. The first-order valence-corrected chi connectivity index (χ1v) is 7.53. The van der Waals surface area contributed by atoms with Crippen LogP contribution in [-0.2, 0) is 10.0 Å². The van der Waals surface area contributed by atoms with Crippen LogP contribution in [0.25, 0.3) is 0 Å². The third-order valence-electron chi connectivity index (χ3n) is 2.63. The van der Waals surface area contributed by atoms with Gasteiger partial charge < -0.3 is 5.11 Å². The lowest BCUT2D eigenvalue weighted by Gasteiger charge is -2.04. The van der Waals surface area contributed by atoms with Gasteiger partial charge in [-0.2, -0.15) is 0 Å². The van der Waals surface area contributed by atoms with Crippen LogP contribution in [0.15, 0.2) is 11.0 Å². The van der Waals surface area contributed by atoms with E-state index in [-0.39, 0.29) is 9.77 Å². The number of thiophene rings is 1. The number of nitrogens with one attached hydrogen (secondary N) is 1. The molecule has 0 amide bonds. The maximum atomic E-state index is 11.9. The van der Waals surface area contributed by atoms with Gasteiger partial charge >= 0.3 is 5.97 Å². The van der Waals surface area contributed by atoms with Crippen molar-refractivity contribution in [1.82, 2.24) is 4.72 Å². The average molecular weight is 275 g/mol. The Labute approximate surface area is 104 Å². The molecule has 5 nitrogen and oxygen atoms in total. The molecule has 1 saturated carbocycles. The lowest BCUT2D eigenvalue weighted by molar-refractivity contribution is 0.0702. The van der Waals surface area contributed by atoms with Gasteiger partial charge in [0.2, 0.25) is 10.0 Å². The summed E-state index contributed by atoms with van der Waals surface area (Å²) in [5.74, 6) is -0.649. The van der Waals surface area contributed by atoms with Crippen LogP contribution >= 0.6 is 11.3 Å². The molecule has 17 heavy (non-hydrogen) atoms. The third-order valence-corrected chi connectivity index (χ3v) is 5.35. The number of rotatable bonds is 5. The second kappa shape index (κ2) is 4.40. The number of carbonyl (C=O) groups is 1. The molecule has 0 bridgehead atoms. The Morgan fingerprint density at radius 1 is 1.59 bits per heavy atom. The Morgan fingerprint density at radius 2 is 2.24 bits per heavy atom. The summed E-state index contributed by atoms with van der Waals surface area (Å²) < 4.78 is 26.4. The van der Waals surface area contributed by atoms with E-state index in [0.29, 0.717) is 17.3 Å².